The summed E-state index contributed by atoms with van der Waals surface area (Å²) in [5, 5.41) is 9.05. The van der Waals surface area contributed by atoms with Crippen molar-refractivity contribution in [3.63, 3.8) is 0 Å². The molecule has 0 radical (unpaired) electrons. The number of pyridine rings is 1. The van der Waals surface area contributed by atoms with Gasteiger partial charge in [-0.2, -0.15) is 0 Å². The van der Waals surface area contributed by atoms with E-state index in [0.29, 0.717) is 5.56 Å². The molecule has 0 aliphatic rings. The van der Waals surface area contributed by atoms with Gasteiger partial charge >= 0.3 is 5.97 Å². The highest BCUT2D eigenvalue weighted by molar-refractivity contribution is 6.15. The minimum Gasteiger partial charge on any atom is -0.478 e. The van der Waals surface area contributed by atoms with Crippen LogP contribution < -0.4 is 5.56 Å². The van der Waals surface area contributed by atoms with E-state index in [0.717, 1.165) is 0 Å². The molecule has 0 fully saturated rings. The number of hydrogen-bond donors (Lipinski definition) is 1. The maximum atomic E-state index is 11.2. The molecular weight excluding hydrogens is 208 g/mol. The van der Waals surface area contributed by atoms with Crippen molar-refractivity contribution in [2.45, 2.75) is 0 Å². The highest BCUT2D eigenvalue weighted by Crippen LogP contribution is 2.13. The van der Waals surface area contributed by atoms with E-state index in [1.807, 2.05) is 0 Å². The van der Waals surface area contributed by atoms with E-state index in [2.05, 4.69) is 0 Å². The van der Waals surface area contributed by atoms with Crippen molar-refractivity contribution < 1.29 is 9.90 Å². The van der Waals surface area contributed by atoms with E-state index in [-0.39, 0.29) is 11.1 Å². The van der Waals surface area contributed by atoms with Crippen molar-refractivity contribution in [1.29, 1.82) is 0 Å². The fourth-order valence-corrected chi connectivity index (χ4v) is 1.26. The topological polar surface area (TPSA) is 62.5 Å². The summed E-state index contributed by atoms with van der Waals surface area (Å²) in [5.74, 6) is -1.02. The summed E-state index contributed by atoms with van der Waals surface area (Å²) >= 11 is 0. The highest BCUT2D eigenvalue weighted by Gasteiger charge is 2.11. The quantitative estimate of drug-likeness (QED) is 0.751. The third-order valence-corrected chi connectivity index (χ3v) is 2.01. The van der Waals surface area contributed by atoms with Gasteiger partial charge in [-0.05, 0) is 6.07 Å². The molecule has 86 valence electrons. The summed E-state index contributed by atoms with van der Waals surface area (Å²) < 4.78 is 1.35. The van der Waals surface area contributed by atoms with Crippen LogP contribution in [0.15, 0.2) is 29.3 Å². The van der Waals surface area contributed by atoms with Gasteiger partial charge in [-0.15, -0.1) is 0 Å². The van der Waals surface area contributed by atoms with Gasteiger partial charge in [0.05, 0.1) is 5.57 Å². The van der Waals surface area contributed by atoms with Gasteiger partial charge in [0, 0.05) is 45.2 Å². The molecule has 0 saturated carbocycles. The maximum absolute atomic E-state index is 11.2. The molecule has 5 heteroatoms. The van der Waals surface area contributed by atoms with Crippen molar-refractivity contribution >= 4 is 11.5 Å². The number of nitrogens with zero attached hydrogens (tertiary/aromatic N) is 2. The molecule has 5 nitrogen and oxygen atoms in total. The van der Waals surface area contributed by atoms with Gasteiger partial charge in [-0.1, -0.05) is 0 Å². The summed E-state index contributed by atoms with van der Waals surface area (Å²) in [6.07, 6.45) is 3.01. The van der Waals surface area contributed by atoms with Crippen LogP contribution in [0.5, 0.6) is 0 Å². The first-order valence-corrected chi connectivity index (χ1v) is 4.70. The van der Waals surface area contributed by atoms with Crippen LogP contribution in [0.1, 0.15) is 5.56 Å². The molecule has 0 aliphatic carbocycles. The summed E-state index contributed by atoms with van der Waals surface area (Å²) in [5.41, 5.74) is 0.488. The number of aryl methyl sites for hydroxylation is 1. The largest absolute Gasteiger partial charge is 0.478 e. The van der Waals surface area contributed by atoms with Crippen LogP contribution in [-0.2, 0) is 11.8 Å². The Balaban J connectivity index is 3.27. The lowest BCUT2D eigenvalue weighted by molar-refractivity contribution is -0.130. The number of aromatic nitrogens is 1. The Kier molecular flexibility index (Phi) is 3.50. The van der Waals surface area contributed by atoms with Crippen molar-refractivity contribution in [2.75, 3.05) is 14.1 Å². The summed E-state index contributed by atoms with van der Waals surface area (Å²) in [7, 11) is 5.07. The minimum absolute atomic E-state index is 0.153. The Morgan fingerprint density at radius 3 is 2.50 bits per heavy atom. The standard InChI is InChI=1S/C11H14N2O3/c1-12(2)7-9(11(15)16)8-4-5-10(14)13(3)6-8/h4-7H,1-3H3,(H,15,16)/b9-7+. The molecule has 0 bridgehead atoms. The van der Waals surface area contributed by atoms with E-state index in [9.17, 15) is 9.59 Å². The van der Waals surface area contributed by atoms with Crippen LogP contribution in [0.2, 0.25) is 0 Å². The van der Waals surface area contributed by atoms with Crippen LogP contribution in [0.25, 0.3) is 5.57 Å². The van der Waals surface area contributed by atoms with Gasteiger partial charge in [0.25, 0.3) is 0 Å². The lowest BCUT2D eigenvalue weighted by Gasteiger charge is -2.09. The molecule has 0 atom stereocenters. The smallest absolute Gasteiger partial charge is 0.337 e. The fraction of sp³-hybridized carbons (Fsp3) is 0.273. The van der Waals surface area contributed by atoms with Crippen LogP contribution in [0.4, 0.5) is 0 Å². The zero-order valence-electron chi connectivity index (χ0n) is 9.47. The second kappa shape index (κ2) is 4.65. The summed E-state index contributed by atoms with van der Waals surface area (Å²) in [6, 6.07) is 2.85. The number of carbonyl (C=O) groups is 1. The maximum Gasteiger partial charge on any atom is 0.337 e. The molecule has 0 aliphatic heterocycles. The molecule has 1 aromatic heterocycles. The van der Waals surface area contributed by atoms with Crippen LogP contribution >= 0.6 is 0 Å². The van der Waals surface area contributed by atoms with E-state index < -0.39 is 5.97 Å². The van der Waals surface area contributed by atoms with Gasteiger partial charge < -0.3 is 14.6 Å². The third-order valence-electron chi connectivity index (χ3n) is 2.01. The third kappa shape index (κ3) is 2.73. The van der Waals surface area contributed by atoms with Crippen LogP contribution in [-0.4, -0.2) is 34.6 Å². The molecule has 0 aromatic carbocycles. The van der Waals surface area contributed by atoms with Gasteiger partial charge in [-0.3, -0.25) is 4.79 Å². The number of carboxylic acids is 1. The molecule has 1 rings (SSSR count). The molecule has 1 aromatic rings. The van der Waals surface area contributed by atoms with Gasteiger partial charge in [0.15, 0.2) is 0 Å². The van der Waals surface area contributed by atoms with Gasteiger partial charge in [0.1, 0.15) is 0 Å². The van der Waals surface area contributed by atoms with E-state index in [1.165, 1.54) is 29.1 Å². The number of hydrogen-bond acceptors (Lipinski definition) is 3. The molecule has 0 unspecified atom stereocenters. The normalized spacial score (nSPS) is 11.3. The zero-order chi connectivity index (χ0) is 12.3. The lowest BCUT2D eigenvalue weighted by Crippen LogP contribution is -2.16. The van der Waals surface area contributed by atoms with E-state index in [4.69, 9.17) is 5.11 Å². The monoisotopic (exact) mass is 222 g/mol. The predicted molar refractivity (Wildman–Crippen MR) is 61.0 cm³/mol. The first-order valence-electron chi connectivity index (χ1n) is 4.70. The van der Waals surface area contributed by atoms with Gasteiger partial charge in [-0.25, -0.2) is 4.79 Å². The Morgan fingerprint density at radius 2 is 2.06 bits per heavy atom. The van der Waals surface area contributed by atoms with Gasteiger partial charge in [0.2, 0.25) is 5.56 Å². The SMILES string of the molecule is CN(C)/C=C(/C(=O)O)c1ccc(=O)n(C)c1. The van der Waals surface area contributed by atoms with E-state index >= 15 is 0 Å². The van der Waals surface area contributed by atoms with Crippen molar-refractivity contribution in [3.05, 3.63) is 40.4 Å². The predicted octanol–water partition coefficient (Wildman–Crippen LogP) is 0.372. The molecule has 0 saturated heterocycles. The van der Waals surface area contributed by atoms with E-state index in [1.54, 1.807) is 26.0 Å². The molecule has 1 heterocycles. The molecular formula is C11H14N2O3. The molecule has 0 amide bonds. The van der Waals surface area contributed by atoms with Crippen molar-refractivity contribution in [1.82, 2.24) is 9.47 Å². The minimum atomic E-state index is -1.02. The number of carboxylic acid groups (broad SMARTS) is 1. The Morgan fingerprint density at radius 1 is 1.44 bits per heavy atom. The second-order valence-electron chi connectivity index (χ2n) is 3.68. The Hall–Kier alpha value is -2.04. The molecule has 16 heavy (non-hydrogen) atoms. The number of aliphatic carboxylic acids is 1. The first-order chi connectivity index (χ1) is 7.41. The average molecular weight is 222 g/mol. The molecule has 0 spiro atoms. The highest BCUT2D eigenvalue weighted by atomic mass is 16.4. The first kappa shape index (κ1) is 12.0. The van der Waals surface area contributed by atoms with Crippen LogP contribution in [0, 0.1) is 0 Å². The summed E-state index contributed by atoms with van der Waals surface area (Å²) in [4.78, 5) is 23.9. The Bertz CT molecular complexity index is 486. The number of rotatable bonds is 3. The second-order valence-corrected chi connectivity index (χ2v) is 3.68. The Labute approximate surface area is 93.2 Å². The van der Waals surface area contributed by atoms with Crippen molar-refractivity contribution in [3.8, 4) is 0 Å². The van der Waals surface area contributed by atoms with Crippen molar-refractivity contribution in [2.24, 2.45) is 7.05 Å². The zero-order valence-corrected chi connectivity index (χ0v) is 9.47. The summed E-state index contributed by atoms with van der Waals surface area (Å²) in [6.45, 7) is 0. The molecule has 1 N–H and O–H groups in total. The lowest BCUT2D eigenvalue weighted by atomic mass is 10.1. The average Bonchev–Trinajstić information content (AvgIpc) is 2.18. The van der Waals surface area contributed by atoms with Crippen LogP contribution in [0.3, 0.4) is 0 Å². The fourth-order valence-electron chi connectivity index (χ4n) is 1.26.